The Morgan fingerprint density at radius 1 is 1.18 bits per heavy atom. The van der Waals surface area contributed by atoms with Gasteiger partial charge in [0, 0.05) is 0 Å². The lowest BCUT2D eigenvalue weighted by molar-refractivity contribution is 0.216. The Morgan fingerprint density at radius 2 is 2.09 bits per heavy atom. The maximum Gasteiger partial charge on any atom is 0.141 e. The Kier molecular flexibility index (Phi) is 2.55. The number of rotatable bonds is 0. The molecule has 11 heavy (non-hydrogen) atoms. The Morgan fingerprint density at radius 3 is 2.91 bits per heavy atom. The number of fused-ring (bicyclic) bond motifs is 1. The summed E-state index contributed by atoms with van der Waals surface area (Å²) < 4.78 is 5.29. The highest BCUT2D eigenvalue weighted by molar-refractivity contribution is 5.85. The third-order valence-corrected chi connectivity index (χ3v) is 1.61. The summed E-state index contributed by atoms with van der Waals surface area (Å²) in [7, 11) is 0. The van der Waals surface area contributed by atoms with Crippen LogP contribution in [0.15, 0.2) is 48.3 Å². The molecular formula is C9H9ClO. The van der Waals surface area contributed by atoms with E-state index in [2.05, 4.69) is 12.2 Å². The van der Waals surface area contributed by atoms with E-state index >= 15 is 0 Å². The maximum atomic E-state index is 5.29. The molecule has 1 aliphatic heterocycles. The third kappa shape index (κ3) is 1.55. The fourth-order valence-corrected chi connectivity index (χ4v) is 1.09. The topological polar surface area (TPSA) is 9.23 Å². The third-order valence-electron chi connectivity index (χ3n) is 1.61. The first-order valence-corrected chi connectivity index (χ1v) is 3.34. The van der Waals surface area contributed by atoms with Gasteiger partial charge >= 0.3 is 0 Å². The molecule has 1 unspecified atom stereocenters. The van der Waals surface area contributed by atoms with Crippen LogP contribution in [0.5, 0.6) is 0 Å². The number of halogens is 1. The first-order valence-electron chi connectivity index (χ1n) is 3.34. The van der Waals surface area contributed by atoms with Crippen LogP contribution in [0.4, 0.5) is 0 Å². The van der Waals surface area contributed by atoms with Gasteiger partial charge in [0.25, 0.3) is 0 Å². The Balaban J connectivity index is 0.000000605. The van der Waals surface area contributed by atoms with Gasteiger partial charge in [0.15, 0.2) is 0 Å². The van der Waals surface area contributed by atoms with Crippen LogP contribution in [0.3, 0.4) is 0 Å². The van der Waals surface area contributed by atoms with E-state index in [1.54, 1.807) is 6.26 Å². The van der Waals surface area contributed by atoms with Gasteiger partial charge in [0.2, 0.25) is 0 Å². The molecule has 0 amide bonds. The van der Waals surface area contributed by atoms with Crippen molar-refractivity contribution < 1.29 is 4.74 Å². The minimum atomic E-state index is 0. The fraction of sp³-hybridized carbons (Fsp3) is 0.111. The summed E-state index contributed by atoms with van der Waals surface area (Å²) in [6, 6.07) is 0. The van der Waals surface area contributed by atoms with E-state index in [0.29, 0.717) is 0 Å². The summed E-state index contributed by atoms with van der Waals surface area (Å²) in [5, 5.41) is 0. The van der Waals surface area contributed by atoms with Gasteiger partial charge < -0.3 is 4.74 Å². The lowest BCUT2D eigenvalue weighted by Crippen LogP contribution is -2.12. The molecule has 2 heteroatoms. The van der Waals surface area contributed by atoms with E-state index in [1.807, 2.05) is 24.3 Å². The van der Waals surface area contributed by atoms with E-state index in [0.717, 1.165) is 0 Å². The normalized spacial score (nSPS) is 24.7. The highest BCUT2D eigenvalue weighted by Crippen LogP contribution is 2.18. The zero-order chi connectivity index (χ0) is 6.81. The van der Waals surface area contributed by atoms with Crippen LogP contribution < -0.4 is 0 Å². The smallest absolute Gasteiger partial charge is 0.141 e. The van der Waals surface area contributed by atoms with Gasteiger partial charge in [0.05, 0.1) is 6.26 Å². The second-order valence-electron chi connectivity index (χ2n) is 2.30. The minimum Gasteiger partial charge on any atom is -0.489 e. The largest absolute Gasteiger partial charge is 0.489 e. The molecule has 0 spiro atoms. The van der Waals surface area contributed by atoms with Gasteiger partial charge in [-0.15, -0.1) is 12.4 Å². The number of allylic oxidation sites excluding steroid dienone is 4. The number of hydrogen-bond donors (Lipinski definition) is 0. The highest BCUT2D eigenvalue weighted by atomic mass is 35.5. The number of ether oxygens (including phenoxy) is 1. The maximum absolute atomic E-state index is 5.29. The fourth-order valence-electron chi connectivity index (χ4n) is 1.09. The van der Waals surface area contributed by atoms with Crippen molar-refractivity contribution in [1.82, 2.24) is 0 Å². The highest BCUT2D eigenvalue weighted by Gasteiger charge is 2.11. The number of hydrogen-bond acceptors (Lipinski definition) is 1. The zero-order valence-corrected chi connectivity index (χ0v) is 6.75. The molecule has 2 aliphatic rings. The summed E-state index contributed by atoms with van der Waals surface area (Å²) in [4.78, 5) is 0. The molecule has 1 atom stereocenters. The van der Waals surface area contributed by atoms with E-state index in [-0.39, 0.29) is 18.5 Å². The van der Waals surface area contributed by atoms with Gasteiger partial charge in [-0.05, 0) is 17.7 Å². The second kappa shape index (κ2) is 3.44. The predicted octanol–water partition coefficient (Wildman–Crippen LogP) is 2.37. The van der Waals surface area contributed by atoms with Crippen molar-refractivity contribution in [2.75, 3.05) is 0 Å². The molecule has 0 bridgehead atoms. The van der Waals surface area contributed by atoms with Gasteiger partial charge in [0.1, 0.15) is 6.10 Å². The molecule has 58 valence electrons. The molecule has 0 N–H and O–H groups in total. The average Bonchev–Trinajstić information content (AvgIpc) is 2.05. The lowest BCUT2D eigenvalue weighted by Gasteiger charge is -2.18. The molecule has 0 aromatic heterocycles. The first-order chi connectivity index (χ1) is 4.97. The van der Waals surface area contributed by atoms with Crippen LogP contribution in [-0.2, 0) is 4.74 Å². The molecule has 1 heterocycles. The standard InChI is InChI=1S/C9H8O.ClH/c1-2-6-9-8(4-1)5-3-7-10-9;/h1-7,9H;1H. The van der Waals surface area contributed by atoms with E-state index < -0.39 is 0 Å². The van der Waals surface area contributed by atoms with E-state index in [9.17, 15) is 0 Å². The summed E-state index contributed by atoms with van der Waals surface area (Å²) in [5.41, 5.74) is 1.23. The van der Waals surface area contributed by atoms with Crippen LogP contribution in [-0.4, -0.2) is 6.10 Å². The zero-order valence-electron chi connectivity index (χ0n) is 5.94. The Labute approximate surface area is 72.2 Å². The molecule has 0 radical (unpaired) electrons. The summed E-state index contributed by atoms with van der Waals surface area (Å²) in [6.45, 7) is 0. The van der Waals surface area contributed by atoms with Gasteiger partial charge in [-0.1, -0.05) is 24.3 Å². The van der Waals surface area contributed by atoms with E-state index in [4.69, 9.17) is 4.74 Å². The van der Waals surface area contributed by atoms with Crippen molar-refractivity contribution in [3.63, 3.8) is 0 Å². The van der Waals surface area contributed by atoms with Crippen LogP contribution in [0.2, 0.25) is 0 Å². The van der Waals surface area contributed by atoms with Crippen molar-refractivity contribution in [2.24, 2.45) is 0 Å². The van der Waals surface area contributed by atoms with Crippen LogP contribution in [0.25, 0.3) is 0 Å². The lowest BCUT2D eigenvalue weighted by atomic mass is 10.0. The van der Waals surface area contributed by atoms with Crippen LogP contribution in [0.1, 0.15) is 0 Å². The van der Waals surface area contributed by atoms with E-state index in [1.165, 1.54) is 5.57 Å². The summed E-state index contributed by atoms with van der Waals surface area (Å²) in [6.07, 6.45) is 14.0. The van der Waals surface area contributed by atoms with Crippen molar-refractivity contribution in [3.05, 3.63) is 48.3 Å². The second-order valence-corrected chi connectivity index (χ2v) is 2.30. The molecule has 0 saturated heterocycles. The monoisotopic (exact) mass is 168 g/mol. The molecule has 1 aliphatic carbocycles. The minimum absolute atomic E-state index is 0. The molecular weight excluding hydrogens is 160 g/mol. The Bertz CT molecular complexity index is 248. The molecule has 1 nitrogen and oxygen atoms in total. The molecule has 0 aromatic rings. The summed E-state index contributed by atoms with van der Waals surface area (Å²) in [5.74, 6) is 0. The van der Waals surface area contributed by atoms with Crippen molar-refractivity contribution >= 4 is 12.4 Å². The van der Waals surface area contributed by atoms with Gasteiger partial charge in [-0.25, -0.2) is 0 Å². The quantitative estimate of drug-likeness (QED) is 0.540. The summed E-state index contributed by atoms with van der Waals surface area (Å²) >= 11 is 0. The van der Waals surface area contributed by atoms with Crippen LogP contribution in [0, 0.1) is 0 Å². The van der Waals surface area contributed by atoms with Crippen LogP contribution >= 0.6 is 12.4 Å². The van der Waals surface area contributed by atoms with Gasteiger partial charge in [-0.3, -0.25) is 0 Å². The van der Waals surface area contributed by atoms with Crippen molar-refractivity contribution in [2.45, 2.75) is 6.10 Å². The average molecular weight is 169 g/mol. The molecule has 0 saturated carbocycles. The first kappa shape index (κ1) is 8.15. The molecule has 0 aromatic carbocycles. The van der Waals surface area contributed by atoms with Gasteiger partial charge in [-0.2, -0.15) is 0 Å². The SMILES string of the molecule is C1=COC2C=CC=CC2=C1.Cl. The van der Waals surface area contributed by atoms with Crippen molar-refractivity contribution in [3.8, 4) is 0 Å². The van der Waals surface area contributed by atoms with Crippen molar-refractivity contribution in [1.29, 1.82) is 0 Å². The molecule has 0 fully saturated rings. The predicted molar refractivity (Wildman–Crippen MR) is 47.6 cm³/mol. The molecule has 2 rings (SSSR count). The Hall–Kier alpha value is -0.950.